The van der Waals surface area contributed by atoms with Crippen molar-refractivity contribution in [1.29, 1.82) is 0 Å². The number of pyridine rings is 1. The van der Waals surface area contributed by atoms with E-state index in [9.17, 15) is 9.59 Å². The predicted molar refractivity (Wildman–Crippen MR) is 175 cm³/mol. The van der Waals surface area contributed by atoms with E-state index in [0.717, 1.165) is 24.9 Å². The summed E-state index contributed by atoms with van der Waals surface area (Å²) in [6.45, 7) is 6.16. The van der Waals surface area contributed by atoms with Gasteiger partial charge in [-0.2, -0.15) is 0 Å². The molecule has 1 atom stereocenters. The van der Waals surface area contributed by atoms with Crippen LogP contribution in [0.15, 0.2) is 90.8 Å². The summed E-state index contributed by atoms with van der Waals surface area (Å²) in [5.41, 5.74) is 2.95. The molecular weight excluding hydrogens is 587 g/mol. The van der Waals surface area contributed by atoms with Gasteiger partial charge in [0.1, 0.15) is 17.1 Å². The molecule has 2 aromatic carbocycles. The third kappa shape index (κ3) is 6.05. The number of likely N-dealkylation sites (N-methyl/N-ethyl adjacent to an activating group) is 1. The zero-order chi connectivity index (χ0) is 32.6. The van der Waals surface area contributed by atoms with Crippen LogP contribution in [0.4, 0.5) is 15.8 Å². The van der Waals surface area contributed by atoms with Crippen molar-refractivity contribution in [2.75, 3.05) is 38.1 Å². The number of allylic oxidation sites excluding steroid dienone is 1. The van der Waals surface area contributed by atoms with Crippen LogP contribution in [0.1, 0.15) is 36.7 Å². The van der Waals surface area contributed by atoms with Crippen molar-refractivity contribution in [1.82, 2.24) is 19.9 Å². The van der Waals surface area contributed by atoms with Gasteiger partial charge in [-0.1, -0.05) is 30.9 Å². The lowest BCUT2D eigenvalue weighted by Crippen LogP contribution is -2.37. The Bertz CT molecular complexity index is 1830. The Balaban J connectivity index is 1.15. The SMILES string of the molecule is C=C/C(C(=O)Nc1ccc(Oc2ccnc3[nH]c(C(=O)N(C)C4COC5(CC5)C4)cc23)c(F)c1)=C(/C)N(C)N(C)c1ccccc1. The number of carbonyl (C=O) groups is 2. The van der Waals surface area contributed by atoms with E-state index in [0.29, 0.717) is 40.4 Å². The van der Waals surface area contributed by atoms with E-state index in [4.69, 9.17) is 9.47 Å². The number of anilines is 2. The number of rotatable bonds is 10. The molecule has 1 saturated carbocycles. The topological polar surface area (TPSA) is 103 Å². The maximum Gasteiger partial charge on any atom is 0.270 e. The number of benzene rings is 2. The van der Waals surface area contributed by atoms with Crippen molar-refractivity contribution >= 4 is 34.2 Å². The van der Waals surface area contributed by atoms with Gasteiger partial charge < -0.3 is 24.7 Å². The maximum atomic E-state index is 15.3. The second-order valence-corrected chi connectivity index (χ2v) is 11.8. The number of amides is 2. The van der Waals surface area contributed by atoms with Crippen LogP contribution in [0.2, 0.25) is 0 Å². The first kappa shape index (κ1) is 30.8. The number of carbonyl (C=O) groups excluding carboxylic acids is 2. The van der Waals surface area contributed by atoms with E-state index in [1.807, 2.05) is 61.4 Å². The van der Waals surface area contributed by atoms with Gasteiger partial charge in [0.25, 0.3) is 11.8 Å². The lowest BCUT2D eigenvalue weighted by Gasteiger charge is -2.33. The molecule has 1 spiro atoms. The minimum absolute atomic E-state index is 0.0108. The molecule has 10 nitrogen and oxygen atoms in total. The summed E-state index contributed by atoms with van der Waals surface area (Å²) in [7, 11) is 5.51. The Morgan fingerprint density at radius 1 is 1.11 bits per heavy atom. The van der Waals surface area contributed by atoms with Crippen LogP contribution in [0.25, 0.3) is 11.0 Å². The Morgan fingerprint density at radius 3 is 2.54 bits per heavy atom. The second kappa shape index (κ2) is 12.3. The second-order valence-electron chi connectivity index (χ2n) is 11.8. The first-order valence-electron chi connectivity index (χ1n) is 15.1. The van der Waals surface area contributed by atoms with E-state index < -0.39 is 11.7 Å². The van der Waals surface area contributed by atoms with E-state index in [1.54, 1.807) is 30.1 Å². The number of ether oxygens (including phenoxy) is 2. The predicted octanol–water partition coefficient (Wildman–Crippen LogP) is 6.27. The number of H-pyrrole nitrogens is 1. The largest absolute Gasteiger partial charge is 0.453 e. The number of aromatic amines is 1. The average molecular weight is 625 g/mol. The highest BCUT2D eigenvalue weighted by atomic mass is 19.1. The summed E-state index contributed by atoms with van der Waals surface area (Å²) in [4.78, 5) is 35.6. The molecule has 1 unspecified atom stereocenters. The molecule has 3 heterocycles. The number of fused-ring (bicyclic) bond motifs is 1. The number of para-hydroxylation sites is 1. The zero-order valence-electron chi connectivity index (χ0n) is 26.3. The first-order valence-corrected chi connectivity index (χ1v) is 15.1. The summed E-state index contributed by atoms with van der Waals surface area (Å²) in [5, 5.41) is 7.03. The van der Waals surface area contributed by atoms with Crippen LogP contribution in [0.3, 0.4) is 0 Å². The molecule has 11 heteroatoms. The molecule has 2 aliphatic rings. The lowest BCUT2D eigenvalue weighted by molar-refractivity contribution is -0.112. The monoisotopic (exact) mass is 624 g/mol. The Morgan fingerprint density at radius 2 is 1.87 bits per heavy atom. The number of aromatic nitrogens is 2. The Labute approximate surface area is 267 Å². The molecule has 46 heavy (non-hydrogen) atoms. The quantitative estimate of drug-likeness (QED) is 0.122. The molecule has 1 aliphatic carbocycles. The highest BCUT2D eigenvalue weighted by Gasteiger charge is 2.51. The molecule has 0 bridgehead atoms. The van der Waals surface area contributed by atoms with Gasteiger partial charge in [-0.15, -0.1) is 0 Å². The van der Waals surface area contributed by atoms with Gasteiger partial charge in [0.05, 0.1) is 34.9 Å². The van der Waals surface area contributed by atoms with E-state index in [-0.39, 0.29) is 29.0 Å². The third-order valence-corrected chi connectivity index (χ3v) is 8.90. The third-order valence-electron chi connectivity index (χ3n) is 8.90. The molecule has 2 fully saturated rings. The molecule has 4 aromatic rings. The van der Waals surface area contributed by atoms with Crippen molar-refractivity contribution in [3.8, 4) is 11.5 Å². The van der Waals surface area contributed by atoms with Crippen molar-refractivity contribution in [2.45, 2.75) is 37.8 Å². The van der Waals surface area contributed by atoms with Crippen molar-refractivity contribution in [3.63, 3.8) is 0 Å². The minimum atomic E-state index is -0.675. The van der Waals surface area contributed by atoms with Crippen LogP contribution in [0.5, 0.6) is 11.5 Å². The number of hydrogen-bond acceptors (Lipinski definition) is 7. The number of nitrogens with one attached hydrogen (secondary N) is 2. The van der Waals surface area contributed by atoms with Gasteiger partial charge in [0.15, 0.2) is 11.6 Å². The molecule has 6 rings (SSSR count). The summed E-state index contributed by atoms with van der Waals surface area (Å²) in [5.74, 6) is -1.00. The molecular formula is C35H37FN6O4. The average Bonchev–Trinajstić information content (AvgIpc) is 3.46. The van der Waals surface area contributed by atoms with Gasteiger partial charge in [0.2, 0.25) is 0 Å². The lowest BCUT2D eigenvalue weighted by atomic mass is 10.1. The standard InChI is InChI=1S/C35H37FN6O4/c1-6-26(22(2)41(4)42(5)24-10-8-7-9-11-24)33(43)38-23-12-13-31(28(36)18-23)46-30-14-17-37-32-27(30)19-29(39-32)34(44)40(3)25-20-35(15-16-35)45-21-25/h6-14,17-19,25H,1,15-16,20-21H2,2-5H3,(H,37,39)(H,38,43)/b26-22+. The summed E-state index contributed by atoms with van der Waals surface area (Å²) in [6.07, 6.45) is 5.93. The number of halogens is 1. The fraction of sp³-hybridized carbons (Fsp3) is 0.286. The van der Waals surface area contributed by atoms with Gasteiger partial charge in [-0.3, -0.25) is 19.6 Å². The van der Waals surface area contributed by atoms with Crippen LogP contribution in [-0.2, 0) is 9.53 Å². The number of hydrogen-bond donors (Lipinski definition) is 2. The van der Waals surface area contributed by atoms with E-state index in [2.05, 4.69) is 21.9 Å². The summed E-state index contributed by atoms with van der Waals surface area (Å²) < 4.78 is 27.2. The molecule has 2 aromatic heterocycles. The van der Waals surface area contributed by atoms with Gasteiger partial charge in [0, 0.05) is 44.8 Å². The van der Waals surface area contributed by atoms with Crippen molar-refractivity contribution in [3.05, 3.63) is 102 Å². The normalized spacial score (nSPS) is 16.9. The van der Waals surface area contributed by atoms with E-state index in [1.165, 1.54) is 24.4 Å². The molecule has 0 radical (unpaired) electrons. The first-order chi connectivity index (χ1) is 22.1. The molecule has 1 aliphatic heterocycles. The molecule has 238 valence electrons. The van der Waals surface area contributed by atoms with Crippen molar-refractivity contribution < 1.29 is 23.5 Å². The molecule has 1 saturated heterocycles. The Kier molecular flexibility index (Phi) is 8.26. The highest BCUT2D eigenvalue weighted by molar-refractivity contribution is 6.06. The van der Waals surface area contributed by atoms with Crippen LogP contribution in [-0.4, -0.2) is 71.1 Å². The van der Waals surface area contributed by atoms with Crippen LogP contribution >= 0.6 is 0 Å². The molecule has 2 amide bonds. The van der Waals surface area contributed by atoms with Crippen LogP contribution in [0, 0.1) is 5.82 Å². The van der Waals surface area contributed by atoms with E-state index >= 15 is 4.39 Å². The highest BCUT2D eigenvalue weighted by Crippen LogP contribution is 2.48. The summed E-state index contributed by atoms with van der Waals surface area (Å²) in [6, 6.07) is 17.2. The van der Waals surface area contributed by atoms with Gasteiger partial charge in [-0.25, -0.2) is 9.37 Å². The minimum Gasteiger partial charge on any atom is -0.453 e. The van der Waals surface area contributed by atoms with Crippen molar-refractivity contribution in [2.24, 2.45) is 0 Å². The Hall–Kier alpha value is -5.16. The van der Waals surface area contributed by atoms with Gasteiger partial charge in [-0.05, 0) is 62.6 Å². The number of nitrogens with zero attached hydrogens (tertiary/aromatic N) is 4. The van der Waals surface area contributed by atoms with Gasteiger partial charge >= 0.3 is 0 Å². The maximum absolute atomic E-state index is 15.3. The van der Waals surface area contributed by atoms with Crippen LogP contribution < -0.4 is 15.1 Å². The molecule has 2 N–H and O–H groups in total. The summed E-state index contributed by atoms with van der Waals surface area (Å²) >= 11 is 0. The smallest absolute Gasteiger partial charge is 0.270 e. The number of hydrazine groups is 1. The zero-order valence-corrected chi connectivity index (χ0v) is 26.3. The fourth-order valence-corrected chi connectivity index (χ4v) is 5.72. The fourth-order valence-electron chi connectivity index (χ4n) is 5.72.